The van der Waals surface area contributed by atoms with Crippen LogP contribution in [-0.2, 0) is 19.4 Å². The molecule has 0 spiro atoms. The van der Waals surface area contributed by atoms with Crippen molar-refractivity contribution >= 4 is 17.4 Å². The van der Waals surface area contributed by atoms with E-state index in [2.05, 4.69) is 21.4 Å². The van der Waals surface area contributed by atoms with Crippen LogP contribution in [0, 0.1) is 0 Å². The van der Waals surface area contributed by atoms with Crippen LogP contribution in [0.25, 0.3) is 0 Å². The molecule has 3 nitrogen and oxygen atoms in total. The van der Waals surface area contributed by atoms with E-state index in [1.54, 1.807) is 6.33 Å². The first-order valence-electron chi connectivity index (χ1n) is 7.14. The molecule has 1 aliphatic rings. The summed E-state index contributed by atoms with van der Waals surface area (Å²) in [6.07, 6.45) is 7.57. The molecule has 4 heteroatoms. The van der Waals surface area contributed by atoms with Crippen molar-refractivity contribution in [2.24, 2.45) is 0 Å². The Morgan fingerprint density at radius 3 is 2.90 bits per heavy atom. The summed E-state index contributed by atoms with van der Waals surface area (Å²) in [6.45, 7) is 0.740. The molecule has 0 bridgehead atoms. The highest BCUT2D eigenvalue weighted by molar-refractivity contribution is 6.30. The van der Waals surface area contributed by atoms with E-state index in [-0.39, 0.29) is 0 Å². The number of aryl methyl sites for hydroxylation is 1. The number of hydrogen-bond donors (Lipinski definition) is 1. The first-order valence-corrected chi connectivity index (χ1v) is 7.52. The summed E-state index contributed by atoms with van der Waals surface area (Å²) >= 11 is 6.01. The number of nitrogens with zero attached hydrogens (tertiary/aromatic N) is 2. The Morgan fingerprint density at radius 1 is 1.10 bits per heavy atom. The molecule has 0 radical (unpaired) electrons. The molecule has 2 aromatic rings. The lowest BCUT2D eigenvalue weighted by atomic mass is 10.1. The third-order valence-electron chi connectivity index (χ3n) is 3.72. The maximum atomic E-state index is 6.01. The van der Waals surface area contributed by atoms with Gasteiger partial charge in [-0.05, 0) is 43.4 Å². The Kier molecular flexibility index (Phi) is 4.16. The Balaban J connectivity index is 1.77. The zero-order valence-electron chi connectivity index (χ0n) is 11.4. The molecule has 0 saturated heterocycles. The third kappa shape index (κ3) is 3.10. The van der Waals surface area contributed by atoms with E-state index >= 15 is 0 Å². The minimum Gasteiger partial charge on any atom is -0.366 e. The lowest BCUT2D eigenvalue weighted by Crippen LogP contribution is -2.07. The molecule has 0 unspecified atom stereocenters. The van der Waals surface area contributed by atoms with E-state index < -0.39 is 0 Å². The number of fused-ring (bicyclic) bond motifs is 1. The quantitative estimate of drug-likeness (QED) is 0.867. The van der Waals surface area contributed by atoms with Gasteiger partial charge in [0.2, 0.25) is 0 Å². The number of anilines is 1. The fourth-order valence-electron chi connectivity index (χ4n) is 2.68. The van der Waals surface area contributed by atoms with Crippen LogP contribution in [0.4, 0.5) is 5.82 Å². The molecule has 1 aliphatic carbocycles. The van der Waals surface area contributed by atoms with Gasteiger partial charge in [-0.25, -0.2) is 9.97 Å². The van der Waals surface area contributed by atoms with Gasteiger partial charge in [0, 0.05) is 22.8 Å². The van der Waals surface area contributed by atoms with Crippen LogP contribution in [0.3, 0.4) is 0 Å². The van der Waals surface area contributed by atoms with Crippen molar-refractivity contribution in [3.05, 3.63) is 52.4 Å². The average Bonchev–Trinajstić information content (AvgIpc) is 2.71. The molecule has 0 saturated carbocycles. The summed E-state index contributed by atoms with van der Waals surface area (Å²) < 4.78 is 0. The average molecular weight is 288 g/mol. The molecule has 1 N–H and O–H groups in total. The first-order chi connectivity index (χ1) is 9.83. The molecular weight excluding hydrogens is 270 g/mol. The third-order valence-corrected chi connectivity index (χ3v) is 3.96. The van der Waals surface area contributed by atoms with Crippen LogP contribution in [0.5, 0.6) is 0 Å². The Hall–Kier alpha value is -1.61. The van der Waals surface area contributed by atoms with E-state index in [4.69, 9.17) is 11.6 Å². The maximum Gasteiger partial charge on any atom is 0.133 e. The fourth-order valence-corrected chi connectivity index (χ4v) is 2.90. The second-order valence-electron chi connectivity index (χ2n) is 5.19. The van der Waals surface area contributed by atoms with Crippen molar-refractivity contribution in [2.75, 3.05) is 5.32 Å². The normalized spacial score (nSPS) is 14.4. The van der Waals surface area contributed by atoms with Crippen LogP contribution in [0.1, 0.15) is 36.1 Å². The summed E-state index contributed by atoms with van der Waals surface area (Å²) in [5.41, 5.74) is 3.68. The zero-order chi connectivity index (χ0) is 13.8. The Bertz CT molecular complexity index is 598. The zero-order valence-corrected chi connectivity index (χ0v) is 12.2. The summed E-state index contributed by atoms with van der Waals surface area (Å²) in [4.78, 5) is 8.85. The summed E-state index contributed by atoms with van der Waals surface area (Å²) in [5.74, 6) is 0.983. The highest BCUT2D eigenvalue weighted by atomic mass is 35.5. The lowest BCUT2D eigenvalue weighted by Gasteiger charge is -2.12. The highest BCUT2D eigenvalue weighted by Crippen LogP contribution is 2.24. The second kappa shape index (κ2) is 6.23. The van der Waals surface area contributed by atoms with E-state index in [0.717, 1.165) is 30.2 Å². The van der Waals surface area contributed by atoms with Crippen LogP contribution in [0.15, 0.2) is 30.6 Å². The topological polar surface area (TPSA) is 37.8 Å². The lowest BCUT2D eigenvalue weighted by molar-refractivity contribution is 0.709. The number of hydrogen-bond acceptors (Lipinski definition) is 3. The first kappa shape index (κ1) is 13.4. The minimum atomic E-state index is 0.740. The van der Waals surface area contributed by atoms with Gasteiger partial charge in [0.15, 0.2) is 0 Å². The number of halogens is 1. The molecular formula is C16H18ClN3. The smallest absolute Gasteiger partial charge is 0.133 e. The van der Waals surface area contributed by atoms with Crippen molar-refractivity contribution < 1.29 is 0 Å². The molecule has 0 fully saturated rings. The second-order valence-corrected chi connectivity index (χ2v) is 5.63. The van der Waals surface area contributed by atoms with E-state index in [1.807, 2.05) is 18.2 Å². The number of rotatable bonds is 3. The van der Waals surface area contributed by atoms with Gasteiger partial charge in [-0.2, -0.15) is 0 Å². The van der Waals surface area contributed by atoms with Gasteiger partial charge in [0.05, 0.1) is 0 Å². The van der Waals surface area contributed by atoms with Gasteiger partial charge in [-0.3, -0.25) is 0 Å². The van der Waals surface area contributed by atoms with Crippen molar-refractivity contribution in [1.29, 1.82) is 0 Å². The molecule has 0 atom stereocenters. The summed E-state index contributed by atoms with van der Waals surface area (Å²) in [6, 6.07) is 7.91. The Labute approximate surface area is 124 Å². The SMILES string of the molecule is Clc1cccc(CNc2ncnc3c2CCCCC3)c1. The molecule has 20 heavy (non-hydrogen) atoms. The predicted molar refractivity (Wildman–Crippen MR) is 82.1 cm³/mol. The monoisotopic (exact) mass is 287 g/mol. The van der Waals surface area contributed by atoms with Gasteiger partial charge in [-0.1, -0.05) is 30.2 Å². The number of benzene rings is 1. The molecule has 1 aromatic heterocycles. The van der Waals surface area contributed by atoms with Crippen molar-refractivity contribution in [1.82, 2.24) is 9.97 Å². The largest absolute Gasteiger partial charge is 0.366 e. The van der Waals surface area contributed by atoms with Crippen molar-refractivity contribution in [3.63, 3.8) is 0 Å². The van der Waals surface area contributed by atoms with Crippen LogP contribution in [0.2, 0.25) is 5.02 Å². The van der Waals surface area contributed by atoms with E-state index in [0.29, 0.717) is 0 Å². The minimum absolute atomic E-state index is 0.740. The highest BCUT2D eigenvalue weighted by Gasteiger charge is 2.13. The van der Waals surface area contributed by atoms with Gasteiger partial charge >= 0.3 is 0 Å². The predicted octanol–water partition coefficient (Wildman–Crippen LogP) is 4.01. The number of aromatic nitrogens is 2. The molecule has 3 rings (SSSR count). The molecule has 1 aromatic carbocycles. The van der Waals surface area contributed by atoms with Crippen LogP contribution >= 0.6 is 11.6 Å². The molecule has 104 valence electrons. The number of nitrogens with one attached hydrogen (secondary N) is 1. The maximum absolute atomic E-state index is 6.01. The van der Waals surface area contributed by atoms with Gasteiger partial charge in [0.25, 0.3) is 0 Å². The summed E-state index contributed by atoms with van der Waals surface area (Å²) in [7, 11) is 0. The summed E-state index contributed by atoms with van der Waals surface area (Å²) in [5, 5.41) is 4.20. The molecule has 0 amide bonds. The Morgan fingerprint density at radius 2 is 2.00 bits per heavy atom. The van der Waals surface area contributed by atoms with Crippen LogP contribution < -0.4 is 5.32 Å². The fraction of sp³-hybridized carbons (Fsp3) is 0.375. The molecule has 0 aliphatic heterocycles. The van der Waals surface area contributed by atoms with Crippen molar-refractivity contribution in [2.45, 2.75) is 38.6 Å². The van der Waals surface area contributed by atoms with Gasteiger partial charge < -0.3 is 5.32 Å². The van der Waals surface area contributed by atoms with Gasteiger partial charge in [-0.15, -0.1) is 0 Å². The van der Waals surface area contributed by atoms with E-state index in [1.165, 1.54) is 36.1 Å². The van der Waals surface area contributed by atoms with E-state index in [9.17, 15) is 0 Å². The standard InChI is InChI=1S/C16H18ClN3/c17-13-6-4-5-12(9-13)10-18-16-14-7-2-1-3-8-15(14)19-11-20-16/h4-6,9,11H,1-3,7-8,10H2,(H,18,19,20). The molecule has 1 heterocycles. The van der Waals surface area contributed by atoms with Crippen LogP contribution in [-0.4, -0.2) is 9.97 Å². The van der Waals surface area contributed by atoms with Gasteiger partial charge in [0.1, 0.15) is 12.1 Å². The van der Waals surface area contributed by atoms with Crippen molar-refractivity contribution in [3.8, 4) is 0 Å².